The van der Waals surface area contributed by atoms with Gasteiger partial charge < -0.3 is 14.6 Å². The number of furan rings is 1. The highest BCUT2D eigenvalue weighted by atomic mass is 16.3. The van der Waals surface area contributed by atoms with E-state index in [0.29, 0.717) is 6.04 Å². The zero-order chi connectivity index (χ0) is 15.4. The molecule has 2 heterocycles. The molecule has 0 aliphatic carbocycles. The quantitative estimate of drug-likeness (QED) is 0.874. The van der Waals surface area contributed by atoms with Crippen molar-refractivity contribution in [2.45, 2.75) is 58.8 Å². The van der Waals surface area contributed by atoms with E-state index in [1.54, 1.807) is 0 Å². The van der Waals surface area contributed by atoms with Gasteiger partial charge >= 0.3 is 0 Å². The summed E-state index contributed by atoms with van der Waals surface area (Å²) in [6.45, 7) is 10.6. The second-order valence-corrected chi connectivity index (χ2v) is 6.80. The minimum atomic E-state index is 0.507. The Morgan fingerprint density at radius 2 is 2.00 bits per heavy atom. The molecular weight excluding hydrogens is 262 g/mol. The van der Waals surface area contributed by atoms with Crippen molar-refractivity contribution in [3.63, 3.8) is 0 Å². The summed E-state index contributed by atoms with van der Waals surface area (Å²) in [5, 5.41) is 3.46. The van der Waals surface area contributed by atoms with Crippen molar-refractivity contribution in [3.8, 4) is 0 Å². The highest BCUT2D eigenvalue weighted by Gasteiger charge is 2.21. The normalized spacial score (nSPS) is 18.0. The standard InChI is InChI=1S/C17H31N3O/c1-13(2)18-11-15-10-17(21-14(15)3)12-20-8-6-16(7-9-20)19(4)5/h10,13,16,18H,6-9,11-12H2,1-5H3. The molecule has 0 bridgehead atoms. The molecule has 0 amide bonds. The van der Waals surface area contributed by atoms with Crippen molar-refractivity contribution in [3.05, 3.63) is 23.2 Å². The molecule has 0 saturated carbocycles. The van der Waals surface area contributed by atoms with Crippen LogP contribution in [-0.2, 0) is 13.1 Å². The Morgan fingerprint density at radius 1 is 1.33 bits per heavy atom. The number of nitrogens with one attached hydrogen (secondary N) is 1. The molecule has 1 N–H and O–H groups in total. The Bertz CT molecular complexity index is 431. The number of hydrogen-bond acceptors (Lipinski definition) is 4. The van der Waals surface area contributed by atoms with Crippen LogP contribution >= 0.6 is 0 Å². The molecule has 4 nitrogen and oxygen atoms in total. The number of rotatable bonds is 6. The first-order valence-corrected chi connectivity index (χ1v) is 8.16. The van der Waals surface area contributed by atoms with E-state index in [9.17, 15) is 0 Å². The molecule has 0 aromatic carbocycles. The van der Waals surface area contributed by atoms with Crippen molar-refractivity contribution in [2.75, 3.05) is 27.2 Å². The highest BCUT2D eigenvalue weighted by Crippen LogP contribution is 2.20. The fraction of sp³-hybridized carbons (Fsp3) is 0.765. The van der Waals surface area contributed by atoms with Gasteiger partial charge in [-0.15, -0.1) is 0 Å². The topological polar surface area (TPSA) is 31.7 Å². The summed E-state index contributed by atoms with van der Waals surface area (Å²) in [6.07, 6.45) is 2.52. The van der Waals surface area contributed by atoms with Gasteiger partial charge in [-0.05, 0) is 39.9 Å². The minimum Gasteiger partial charge on any atom is -0.465 e. The second-order valence-electron chi connectivity index (χ2n) is 6.80. The molecule has 0 atom stereocenters. The van der Waals surface area contributed by atoms with Crippen LogP contribution in [0.1, 0.15) is 43.8 Å². The molecule has 0 radical (unpaired) electrons. The predicted molar refractivity (Wildman–Crippen MR) is 87.4 cm³/mol. The molecule has 1 aliphatic heterocycles. The molecule has 2 rings (SSSR count). The molecule has 21 heavy (non-hydrogen) atoms. The van der Waals surface area contributed by atoms with Crippen LogP contribution in [0.3, 0.4) is 0 Å². The van der Waals surface area contributed by atoms with Crippen molar-refractivity contribution in [2.24, 2.45) is 0 Å². The van der Waals surface area contributed by atoms with Gasteiger partial charge in [0.1, 0.15) is 11.5 Å². The number of hydrogen-bond donors (Lipinski definition) is 1. The zero-order valence-electron chi connectivity index (χ0n) is 14.3. The van der Waals surface area contributed by atoms with E-state index in [-0.39, 0.29) is 0 Å². The van der Waals surface area contributed by atoms with E-state index in [0.717, 1.165) is 30.7 Å². The van der Waals surface area contributed by atoms with Gasteiger partial charge in [-0.1, -0.05) is 13.8 Å². The summed E-state index contributed by atoms with van der Waals surface area (Å²) in [6, 6.07) is 3.47. The van der Waals surface area contributed by atoms with Gasteiger partial charge in [0.05, 0.1) is 6.54 Å². The van der Waals surface area contributed by atoms with Crippen LogP contribution in [-0.4, -0.2) is 49.1 Å². The lowest BCUT2D eigenvalue weighted by molar-refractivity contribution is 0.133. The van der Waals surface area contributed by atoms with Crippen molar-refractivity contribution >= 4 is 0 Å². The maximum Gasteiger partial charge on any atom is 0.118 e. The van der Waals surface area contributed by atoms with Crippen LogP contribution in [0.15, 0.2) is 10.5 Å². The summed E-state index contributed by atoms with van der Waals surface area (Å²) in [5.41, 5.74) is 1.29. The van der Waals surface area contributed by atoms with Crippen LogP contribution in [0.2, 0.25) is 0 Å². The van der Waals surface area contributed by atoms with Gasteiger partial charge in [-0.3, -0.25) is 4.90 Å². The van der Waals surface area contributed by atoms with Gasteiger partial charge in [0.2, 0.25) is 0 Å². The maximum atomic E-state index is 5.93. The Hall–Kier alpha value is -0.840. The summed E-state index contributed by atoms with van der Waals surface area (Å²) in [7, 11) is 4.37. The van der Waals surface area contributed by atoms with E-state index in [1.165, 1.54) is 31.5 Å². The van der Waals surface area contributed by atoms with Gasteiger partial charge in [0.15, 0.2) is 0 Å². The van der Waals surface area contributed by atoms with Crippen molar-refractivity contribution in [1.82, 2.24) is 15.1 Å². The van der Waals surface area contributed by atoms with E-state index >= 15 is 0 Å². The largest absolute Gasteiger partial charge is 0.465 e. The van der Waals surface area contributed by atoms with Crippen LogP contribution in [0.4, 0.5) is 0 Å². The van der Waals surface area contributed by atoms with Crippen LogP contribution in [0, 0.1) is 6.92 Å². The third kappa shape index (κ3) is 4.83. The highest BCUT2D eigenvalue weighted by molar-refractivity contribution is 5.20. The van der Waals surface area contributed by atoms with Gasteiger partial charge in [-0.25, -0.2) is 0 Å². The van der Waals surface area contributed by atoms with Crippen LogP contribution in [0.5, 0.6) is 0 Å². The molecule has 4 heteroatoms. The number of nitrogens with zero attached hydrogens (tertiary/aromatic N) is 2. The molecule has 0 spiro atoms. The Morgan fingerprint density at radius 3 is 2.57 bits per heavy atom. The molecule has 1 aromatic heterocycles. The summed E-state index contributed by atoms with van der Waals surface area (Å²) >= 11 is 0. The van der Waals surface area contributed by atoms with Crippen molar-refractivity contribution < 1.29 is 4.42 Å². The number of likely N-dealkylation sites (tertiary alicyclic amines) is 1. The zero-order valence-corrected chi connectivity index (χ0v) is 14.3. The minimum absolute atomic E-state index is 0.507. The van der Waals surface area contributed by atoms with Crippen molar-refractivity contribution in [1.29, 1.82) is 0 Å². The lowest BCUT2D eigenvalue weighted by Crippen LogP contribution is -2.41. The monoisotopic (exact) mass is 293 g/mol. The Labute approximate surface area is 129 Å². The molecule has 1 aliphatic rings. The van der Waals surface area contributed by atoms with Gasteiger partial charge in [0.25, 0.3) is 0 Å². The van der Waals surface area contributed by atoms with E-state index in [4.69, 9.17) is 4.42 Å². The molecule has 1 fully saturated rings. The van der Waals surface area contributed by atoms with E-state index in [1.807, 2.05) is 0 Å². The number of aryl methyl sites for hydroxylation is 1. The lowest BCUT2D eigenvalue weighted by atomic mass is 10.0. The summed E-state index contributed by atoms with van der Waals surface area (Å²) in [5.74, 6) is 2.16. The SMILES string of the molecule is Cc1oc(CN2CCC(N(C)C)CC2)cc1CNC(C)C. The third-order valence-corrected chi connectivity index (χ3v) is 4.44. The predicted octanol–water partition coefficient (Wildman–Crippen LogP) is 2.61. The second kappa shape index (κ2) is 7.43. The fourth-order valence-corrected chi connectivity index (χ4v) is 2.97. The smallest absolute Gasteiger partial charge is 0.118 e. The average molecular weight is 293 g/mol. The fourth-order valence-electron chi connectivity index (χ4n) is 2.97. The Kier molecular flexibility index (Phi) is 5.85. The summed E-state index contributed by atoms with van der Waals surface area (Å²) < 4.78 is 5.93. The van der Waals surface area contributed by atoms with Crippen LogP contribution in [0.25, 0.3) is 0 Å². The molecular formula is C17H31N3O. The Balaban J connectivity index is 1.85. The summed E-state index contributed by atoms with van der Waals surface area (Å²) in [4.78, 5) is 4.86. The average Bonchev–Trinajstić information content (AvgIpc) is 2.77. The first kappa shape index (κ1) is 16.5. The van der Waals surface area contributed by atoms with Gasteiger partial charge in [-0.2, -0.15) is 0 Å². The maximum absolute atomic E-state index is 5.93. The molecule has 120 valence electrons. The molecule has 1 saturated heterocycles. The molecule has 0 unspecified atom stereocenters. The lowest BCUT2D eigenvalue weighted by Gasteiger charge is -2.34. The molecule has 1 aromatic rings. The first-order valence-electron chi connectivity index (χ1n) is 8.16. The first-order chi connectivity index (χ1) is 9.95. The third-order valence-electron chi connectivity index (χ3n) is 4.44. The number of piperidine rings is 1. The van der Waals surface area contributed by atoms with E-state index in [2.05, 4.69) is 56.0 Å². The van der Waals surface area contributed by atoms with Crippen LogP contribution < -0.4 is 5.32 Å². The van der Waals surface area contributed by atoms with Gasteiger partial charge in [0, 0.05) is 37.3 Å². The van der Waals surface area contributed by atoms with E-state index < -0.39 is 0 Å².